The largest absolute Gasteiger partial charge is 0.507 e. The number of ether oxygens (including phenoxy) is 5. The Kier molecular flexibility index (Phi) is 10.8. The molecule has 2 heterocycles. The van der Waals surface area contributed by atoms with Crippen molar-refractivity contribution >= 4 is 11.0 Å². The molecule has 264 valence electrons. The number of phenolic OH excluding ortho intramolecular Hbond substituents is 2. The quantitative estimate of drug-likeness (QED) is 0.104. The average molecular weight is 687 g/mol. The first-order valence-electron chi connectivity index (χ1n) is 15.1. The van der Waals surface area contributed by atoms with E-state index in [-0.39, 0.29) is 51.9 Å². The van der Waals surface area contributed by atoms with Gasteiger partial charge in [0.25, 0.3) is 0 Å². The van der Waals surface area contributed by atoms with Crippen molar-refractivity contribution < 1.29 is 69.0 Å². The molecule has 8 N–H and O–H groups in total. The van der Waals surface area contributed by atoms with Crippen LogP contribution in [0.2, 0.25) is 0 Å². The fraction of sp³-hybridized carbons (Fsp3) is 0.382. The number of fused-ring (bicyclic) bond motifs is 1. The molecule has 4 aromatic rings. The van der Waals surface area contributed by atoms with Gasteiger partial charge in [0.1, 0.15) is 64.1 Å². The van der Waals surface area contributed by atoms with E-state index < -0.39 is 67.1 Å². The second-order valence-electron chi connectivity index (χ2n) is 11.5. The zero-order valence-corrected chi connectivity index (χ0v) is 26.7. The zero-order valence-electron chi connectivity index (χ0n) is 26.7. The Bertz CT molecular complexity index is 1810. The van der Waals surface area contributed by atoms with Gasteiger partial charge < -0.3 is 69.0 Å². The maximum absolute atomic E-state index is 13.2. The van der Waals surface area contributed by atoms with E-state index in [2.05, 4.69) is 0 Å². The lowest BCUT2D eigenvalue weighted by atomic mass is 9.89. The number of phenols is 2. The van der Waals surface area contributed by atoms with Gasteiger partial charge >= 0.3 is 0 Å². The maximum atomic E-state index is 13.2. The minimum absolute atomic E-state index is 0.0416. The zero-order chi connectivity index (χ0) is 35.6. The van der Waals surface area contributed by atoms with E-state index >= 15 is 0 Å². The van der Waals surface area contributed by atoms with Crippen molar-refractivity contribution in [2.24, 2.45) is 5.92 Å². The summed E-state index contributed by atoms with van der Waals surface area (Å²) >= 11 is 0. The number of aliphatic hydroxyl groups is 6. The summed E-state index contributed by atoms with van der Waals surface area (Å²) < 4.78 is 33.5. The van der Waals surface area contributed by atoms with E-state index in [9.17, 15) is 45.6 Å². The first-order valence-corrected chi connectivity index (χ1v) is 15.1. The molecule has 49 heavy (non-hydrogen) atoms. The lowest BCUT2D eigenvalue weighted by Crippen LogP contribution is -2.60. The van der Waals surface area contributed by atoms with Gasteiger partial charge in [0.05, 0.1) is 34.0 Å². The van der Waals surface area contributed by atoms with Crippen LogP contribution >= 0.6 is 0 Å². The molecule has 1 aromatic heterocycles. The Balaban J connectivity index is 1.48. The Morgan fingerprint density at radius 3 is 2.10 bits per heavy atom. The molecule has 3 unspecified atom stereocenters. The molecule has 0 spiro atoms. The number of aromatic hydroxyl groups is 2. The molecule has 3 aromatic carbocycles. The Morgan fingerprint density at radius 1 is 0.816 bits per heavy atom. The summed E-state index contributed by atoms with van der Waals surface area (Å²) in [5.74, 6) is -0.715. The van der Waals surface area contributed by atoms with E-state index in [1.165, 1.54) is 45.6 Å². The summed E-state index contributed by atoms with van der Waals surface area (Å²) in [5, 5.41) is 81.8. The van der Waals surface area contributed by atoms with Crippen LogP contribution < -0.4 is 24.4 Å². The molecule has 1 saturated heterocycles. The summed E-state index contributed by atoms with van der Waals surface area (Å²) in [6.45, 7) is -1.10. The highest BCUT2D eigenvalue weighted by Crippen LogP contribution is 2.40. The predicted molar refractivity (Wildman–Crippen MR) is 171 cm³/mol. The SMILES string of the molecule is COc1cc(C(O)[C@H](CO)Cc2c(OC)cc(-c3cc(=O)c4c(O)cc(O[C@@H]5OC(CO)[C@@H](O)[C@H](O)C5O)cc4o3)cc2OC)ccc1O. The van der Waals surface area contributed by atoms with Crippen molar-refractivity contribution in [2.75, 3.05) is 34.5 Å². The highest BCUT2D eigenvalue weighted by Gasteiger charge is 2.44. The molecule has 0 radical (unpaired) electrons. The number of benzene rings is 3. The Labute approximate surface area is 279 Å². The van der Waals surface area contributed by atoms with Crippen LogP contribution in [-0.2, 0) is 11.2 Å². The lowest BCUT2D eigenvalue weighted by molar-refractivity contribution is -0.277. The Morgan fingerprint density at radius 2 is 1.49 bits per heavy atom. The van der Waals surface area contributed by atoms with Gasteiger partial charge in [0, 0.05) is 41.9 Å². The van der Waals surface area contributed by atoms with Crippen molar-refractivity contribution in [1.29, 1.82) is 0 Å². The van der Waals surface area contributed by atoms with E-state index in [0.29, 0.717) is 16.7 Å². The molecule has 7 atom stereocenters. The standard InChI is InChI=1S/C34H38O15/c1-44-24-8-16(9-25(45-2)19(24)6-17(13-35)30(40)15-4-5-20(37)26(7-15)46-3)23-12-22(39)29-21(38)10-18(11-27(29)48-23)47-34-33(43)32(42)31(41)28(14-36)49-34/h4-5,7-12,17,28,30-38,40-43H,6,13-14H2,1-3H3/t17-,28?,30?,31+,32-,33?,34+/m0/s1. The number of rotatable bonds is 12. The van der Waals surface area contributed by atoms with Crippen LogP contribution in [0.25, 0.3) is 22.3 Å². The van der Waals surface area contributed by atoms with Gasteiger partial charge in [0.2, 0.25) is 6.29 Å². The number of methoxy groups -OCH3 is 3. The van der Waals surface area contributed by atoms with Gasteiger partial charge in [-0.05, 0) is 36.2 Å². The van der Waals surface area contributed by atoms with E-state index in [1.54, 1.807) is 12.1 Å². The highest BCUT2D eigenvalue weighted by molar-refractivity contribution is 5.86. The van der Waals surface area contributed by atoms with Gasteiger partial charge in [-0.2, -0.15) is 0 Å². The van der Waals surface area contributed by atoms with Crippen molar-refractivity contribution in [1.82, 2.24) is 0 Å². The van der Waals surface area contributed by atoms with Crippen LogP contribution in [0.5, 0.6) is 34.5 Å². The first-order chi connectivity index (χ1) is 23.4. The van der Waals surface area contributed by atoms with Gasteiger partial charge in [-0.3, -0.25) is 4.79 Å². The molecule has 0 saturated carbocycles. The van der Waals surface area contributed by atoms with Crippen molar-refractivity contribution in [3.8, 4) is 45.8 Å². The lowest BCUT2D eigenvalue weighted by Gasteiger charge is -2.39. The third kappa shape index (κ3) is 7.09. The molecule has 15 nitrogen and oxygen atoms in total. The molecular weight excluding hydrogens is 648 g/mol. The molecule has 1 fully saturated rings. The molecule has 0 amide bonds. The fourth-order valence-corrected chi connectivity index (χ4v) is 5.77. The smallest absolute Gasteiger partial charge is 0.229 e. The normalized spacial score (nSPS) is 22.0. The first kappa shape index (κ1) is 35.7. The fourth-order valence-electron chi connectivity index (χ4n) is 5.77. The summed E-state index contributed by atoms with van der Waals surface area (Å²) in [6.07, 6.45) is -8.89. The van der Waals surface area contributed by atoms with Gasteiger partial charge in [-0.25, -0.2) is 0 Å². The number of aliphatic hydroxyl groups excluding tert-OH is 6. The molecule has 1 aliphatic heterocycles. The molecule has 1 aliphatic rings. The average Bonchev–Trinajstić information content (AvgIpc) is 3.10. The summed E-state index contributed by atoms with van der Waals surface area (Å²) in [4.78, 5) is 13.2. The van der Waals surface area contributed by atoms with Crippen LogP contribution in [0.15, 0.2) is 57.7 Å². The minimum Gasteiger partial charge on any atom is -0.507 e. The summed E-state index contributed by atoms with van der Waals surface area (Å²) in [5.41, 5.74) is 0.508. The van der Waals surface area contributed by atoms with Gasteiger partial charge in [0.15, 0.2) is 16.9 Å². The predicted octanol–water partition coefficient (Wildman–Crippen LogP) is 0.960. The third-order valence-corrected chi connectivity index (χ3v) is 8.47. The van der Waals surface area contributed by atoms with Crippen LogP contribution in [0.3, 0.4) is 0 Å². The second kappa shape index (κ2) is 14.9. The van der Waals surface area contributed by atoms with Crippen molar-refractivity contribution in [3.63, 3.8) is 0 Å². The van der Waals surface area contributed by atoms with Crippen LogP contribution in [0.4, 0.5) is 0 Å². The highest BCUT2D eigenvalue weighted by atomic mass is 16.7. The van der Waals surface area contributed by atoms with Crippen LogP contribution in [-0.4, -0.2) is 106 Å². The van der Waals surface area contributed by atoms with E-state index in [1.807, 2.05) is 0 Å². The van der Waals surface area contributed by atoms with Gasteiger partial charge in [-0.1, -0.05) is 6.07 Å². The van der Waals surface area contributed by atoms with E-state index in [0.717, 1.165) is 12.1 Å². The topological polar surface area (TPSA) is 238 Å². The summed E-state index contributed by atoms with van der Waals surface area (Å²) in [6, 6.07) is 11.0. The second-order valence-corrected chi connectivity index (χ2v) is 11.5. The third-order valence-electron chi connectivity index (χ3n) is 8.47. The Hall–Kier alpha value is -4.61. The molecule has 0 aliphatic carbocycles. The molecular formula is C34H38O15. The summed E-state index contributed by atoms with van der Waals surface area (Å²) in [7, 11) is 4.20. The number of hydrogen-bond donors (Lipinski definition) is 8. The molecule has 15 heteroatoms. The van der Waals surface area contributed by atoms with Crippen molar-refractivity contribution in [3.05, 3.63) is 69.9 Å². The molecule has 5 rings (SSSR count). The molecule has 0 bridgehead atoms. The van der Waals surface area contributed by atoms with Gasteiger partial charge in [-0.15, -0.1) is 0 Å². The van der Waals surface area contributed by atoms with E-state index in [4.69, 9.17) is 28.1 Å². The maximum Gasteiger partial charge on any atom is 0.229 e. The van der Waals surface area contributed by atoms with Crippen LogP contribution in [0.1, 0.15) is 17.2 Å². The van der Waals surface area contributed by atoms with Crippen molar-refractivity contribution in [2.45, 2.75) is 43.2 Å². The number of hydrogen-bond acceptors (Lipinski definition) is 15. The monoisotopic (exact) mass is 686 g/mol. The minimum atomic E-state index is -1.72. The van der Waals surface area contributed by atoms with Crippen LogP contribution in [0, 0.1) is 5.92 Å².